The number of anilines is 1. The van der Waals surface area contributed by atoms with E-state index >= 15 is 0 Å². The van der Waals surface area contributed by atoms with Crippen molar-refractivity contribution in [2.24, 2.45) is 5.41 Å². The van der Waals surface area contributed by atoms with Crippen molar-refractivity contribution in [2.75, 3.05) is 5.32 Å². The van der Waals surface area contributed by atoms with Gasteiger partial charge in [-0.1, -0.05) is 20.8 Å². The van der Waals surface area contributed by atoms with Gasteiger partial charge in [0.1, 0.15) is 17.5 Å². The van der Waals surface area contributed by atoms with Crippen LogP contribution in [0.25, 0.3) is 22.3 Å². The molecule has 3 heterocycles. The van der Waals surface area contributed by atoms with Crippen LogP contribution >= 0.6 is 0 Å². The zero-order chi connectivity index (χ0) is 21.3. The van der Waals surface area contributed by atoms with Gasteiger partial charge in [0.25, 0.3) is 0 Å². The summed E-state index contributed by atoms with van der Waals surface area (Å²) in [6.07, 6.45) is 2.32. The summed E-state index contributed by atoms with van der Waals surface area (Å²) in [4.78, 5) is 22.3. The van der Waals surface area contributed by atoms with E-state index in [0.29, 0.717) is 16.6 Å². The third kappa shape index (κ3) is 4.16. The van der Waals surface area contributed by atoms with E-state index in [-0.39, 0.29) is 23.5 Å². The summed E-state index contributed by atoms with van der Waals surface area (Å²) >= 11 is 0. The number of nitrogens with zero attached hydrogens (tertiary/aromatic N) is 3. The van der Waals surface area contributed by atoms with Gasteiger partial charge in [-0.15, -0.1) is 0 Å². The van der Waals surface area contributed by atoms with Crippen LogP contribution in [0.15, 0.2) is 24.5 Å². The highest BCUT2D eigenvalue weighted by Crippen LogP contribution is 2.33. The number of fused-ring (bicyclic) bond motifs is 1. The number of carbonyl (C=O) groups is 1. The van der Waals surface area contributed by atoms with E-state index < -0.39 is 29.1 Å². The van der Waals surface area contributed by atoms with Crippen LogP contribution in [0.2, 0.25) is 0 Å². The van der Waals surface area contributed by atoms with E-state index in [1.165, 1.54) is 12.3 Å². The smallest absolute Gasteiger partial charge is 0.305 e. The number of hydrogen-bond acceptors (Lipinski definition) is 5. The standard InChI is InChI=1S/C20H19F2N5O2/c1-20(2,3)15(6-16(28)29)26-19-14(22)4-10(7-23)17(27-19)13-9-25-18-12(13)5-11(21)8-24-18/h4-5,8-9,15H,6H2,1-3H3,(H,24,25)(H,26,27)(H,28,29)/t15-/m1/s1. The highest BCUT2D eigenvalue weighted by Gasteiger charge is 2.29. The van der Waals surface area contributed by atoms with Crippen LogP contribution in [0.1, 0.15) is 32.8 Å². The molecule has 0 amide bonds. The Hall–Kier alpha value is -3.54. The zero-order valence-corrected chi connectivity index (χ0v) is 16.0. The average Bonchev–Trinajstić information content (AvgIpc) is 3.04. The molecule has 0 saturated carbocycles. The maximum atomic E-state index is 14.6. The minimum absolute atomic E-state index is 0.0382. The molecule has 0 fully saturated rings. The fraction of sp³-hybridized carbons (Fsp3) is 0.300. The molecule has 3 rings (SSSR count). The second-order valence-electron chi connectivity index (χ2n) is 7.74. The van der Waals surface area contributed by atoms with Crippen molar-refractivity contribution in [1.82, 2.24) is 15.0 Å². The number of carboxylic acids is 1. The summed E-state index contributed by atoms with van der Waals surface area (Å²) < 4.78 is 28.3. The Morgan fingerprint density at radius 3 is 2.72 bits per heavy atom. The molecule has 3 N–H and O–H groups in total. The Kier molecular flexibility index (Phi) is 5.20. The minimum atomic E-state index is -1.04. The van der Waals surface area contributed by atoms with Gasteiger partial charge in [-0.3, -0.25) is 4.79 Å². The molecule has 0 aliphatic carbocycles. The molecule has 0 saturated heterocycles. The molecule has 9 heteroatoms. The second-order valence-corrected chi connectivity index (χ2v) is 7.74. The van der Waals surface area contributed by atoms with Crippen LogP contribution < -0.4 is 5.32 Å². The minimum Gasteiger partial charge on any atom is -0.481 e. The quantitative estimate of drug-likeness (QED) is 0.596. The monoisotopic (exact) mass is 399 g/mol. The molecule has 3 aromatic rings. The normalized spacial score (nSPS) is 12.6. The number of carboxylic acid groups (broad SMARTS) is 1. The summed E-state index contributed by atoms with van der Waals surface area (Å²) in [6, 6.07) is 3.54. The van der Waals surface area contributed by atoms with Gasteiger partial charge < -0.3 is 15.4 Å². The largest absolute Gasteiger partial charge is 0.481 e. The van der Waals surface area contributed by atoms with Crippen LogP contribution in [-0.2, 0) is 4.79 Å². The maximum absolute atomic E-state index is 14.6. The number of aliphatic carboxylic acids is 1. The van der Waals surface area contributed by atoms with E-state index in [1.54, 1.807) is 0 Å². The summed E-state index contributed by atoms with van der Waals surface area (Å²) in [6.45, 7) is 5.47. The van der Waals surface area contributed by atoms with Crippen molar-refractivity contribution in [1.29, 1.82) is 5.26 Å². The van der Waals surface area contributed by atoms with Crippen molar-refractivity contribution >= 4 is 22.8 Å². The van der Waals surface area contributed by atoms with E-state index in [9.17, 15) is 23.9 Å². The first kappa shape index (κ1) is 20.2. The van der Waals surface area contributed by atoms with Gasteiger partial charge in [0.2, 0.25) is 0 Å². The lowest BCUT2D eigenvalue weighted by molar-refractivity contribution is -0.137. The maximum Gasteiger partial charge on any atom is 0.305 e. The molecule has 0 aliphatic rings. The lowest BCUT2D eigenvalue weighted by Crippen LogP contribution is -2.36. The average molecular weight is 399 g/mol. The van der Waals surface area contributed by atoms with Crippen molar-refractivity contribution < 1.29 is 18.7 Å². The molecule has 150 valence electrons. The fourth-order valence-electron chi connectivity index (χ4n) is 2.97. The van der Waals surface area contributed by atoms with Crippen molar-refractivity contribution in [3.63, 3.8) is 0 Å². The molecule has 0 aromatic carbocycles. The van der Waals surface area contributed by atoms with Crippen LogP contribution in [0.4, 0.5) is 14.6 Å². The Labute approximate surface area is 165 Å². The van der Waals surface area contributed by atoms with Gasteiger partial charge in [0, 0.05) is 23.2 Å². The zero-order valence-electron chi connectivity index (χ0n) is 16.0. The molecule has 0 radical (unpaired) electrons. The number of aromatic amines is 1. The van der Waals surface area contributed by atoms with Crippen LogP contribution in [-0.4, -0.2) is 32.1 Å². The fourth-order valence-corrected chi connectivity index (χ4v) is 2.97. The van der Waals surface area contributed by atoms with E-state index in [4.69, 9.17) is 0 Å². The molecule has 29 heavy (non-hydrogen) atoms. The molecule has 7 nitrogen and oxygen atoms in total. The highest BCUT2D eigenvalue weighted by molar-refractivity contribution is 5.94. The summed E-state index contributed by atoms with van der Waals surface area (Å²) in [7, 11) is 0. The number of nitriles is 1. The van der Waals surface area contributed by atoms with Crippen molar-refractivity contribution in [3.8, 4) is 17.3 Å². The van der Waals surface area contributed by atoms with E-state index in [2.05, 4.69) is 20.3 Å². The third-order valence-electron chi connectivity index (χ3n) is 4.58. The number of rotatable bonds is 5. The lowest BCUT2D eigenvalue weighted by Gasteiger charge is -2.31. The van der Waals surface area contributed by atoms with Crippen LogP contribution in [0, 0.1) is 28.4 Å². The number of hydrogen-bond donors (Lipinski definition) is 3. The van der Waals surface area contributed by atoms with Crippen molar-refractivity contribution in [2.45, 2.75) is 33.2 Å². The van der Waals surface area contributed by atoms with Gasteiger partial charge in [-0.25, -0.2) is 18.7 Å². The summed E-state index contributed by atoms with van der Waals surface area (Å²) in [5, 5.41) is 21.9. The third-order valence-corrected chi connectivity index (χ3v) is 4.58. The van der Waals surface area contributed by atoms with Crippen molar-refractivity contribution in [3.05, 3.63) is 41.7 Å². The second kappa shape index (κ2) is 7.47. The Morgan fingerprint density at radius 1 is 1.38 bits per heavy atom. The summed E-state index contributed by atoms with van der Waals surface area (Å²) in [5.41, 5.74) is 0.373. The van der Waals surface area contributed by atoms with Crippen LogP contribution in [0.3, 0.4) is 0 Å². The summed E-state index contributed by atoms with van der Waals surface area (Å²) in [5.74, 6) is -2.57. The van der Waals surface area contributed by atoms with Gasteiger partial charge in [0.05, 0.1) is 23.9 Å². The van der Waals surface area contributed by atoms with E-state index in [0.717, 1.165) is 12.3 Å². The lowest BCUT2D eigenvalue weighted by atomic mass is 9.84. The SMILES string of the molecule is CC(C)(C)[C@@H](CC(=O)O)Nc1nc(-c2c[nH]c3ncc(F)cc23)c(C#N)cc1F. The number of halogens is 2. The Bertz CT molecular complexity index is 1130. The highest BCUT2D eigenvalue weighted by atomic mass is 19.1. The molecule has 0 unspecified atom stereocenters. The van der Waals surface area contributed by atoms with Crippen LogP contribution in [0.5, 0.6) is 0 Å². The molecular weight excluding hydrogens is 380 g/mol. The molecule has 0 aliphatic heterocycles. The van der Waals surface area contributed by atoms with Gasteiger partial charge in [-0.2, -0.15) is 5.26 Å². The predicted molar refractivity (Wildman–Crippen MR) is 103 cm³/mol. The molecule has 1 atom stereocenters. The number of pyridine rings is 2. The molecular formula is C20H19F2N5O2. The Morgan fingerprint density at radius 2 is 2.10 bits per heavy atom. The van der Waals surface area contributed by atoms with Gasteiger partial charge in [-0.05, 0) is 17.5 Å². The predicted octanol–water partition coefficient (Wildman–Crippen LogP) is 4.08. The molecule has 3 aromatic heterocycles. The first-order valence-electron chi connectivity index (χ1n) is 8.82. The van der Waals surface area contributed by atoms with Gasteiger partial charge >= 0.3 is 5.97 Å². The van der Waals surface area contributed by atoms with Gasteiger partial charge in [0.15, 0.2) is 11.6 Å². The number of H-pyrrole nitrogens is 1. The van der Waals surface area contributed by atoms with E-state index in [1.807, 2.05) is 26.8 Å². The number of aromatic nitrogens is 3. The number of nitrogens with one attached hydrogen (secondary N) is 2. The molecule has 0 spiro atoms. The first-order valence-corrected chi connectivity index (χ1v) is 8.82. The first-order chi connectivity index (χ1) is 13.6. The topological polar surface area (TPSA) is 115 Å². The molecule has 0 bridgehead atoms. The Balaban J connectivity index is 2.13.